The number of fused-ring (bicyclic) bond motifs is 1. The number of benzene rings is 2. The van der Waals surface area contributed by atoms with Crippen LogP contribution in [0.25, 0.3) is 10.8 Å². The zero-order chi connectivity index (χ0) is 12.3. The molecule has 0 radical (unpaired) electrons. The van der Waals surface area contributed by atoms with Crippen LogP contribution in [0.15, 0.2) is 42.5 Å². The first-order valence-electron chi connectivity index (χ1n) is 5.57. The summed E-state index contributed by atoms with van der Waals surface area (Å²) in [5.74, 6) is 0.100. The molecule has 2 aromatic rings. The van der Waals surface area contributed by atoms with Gasteiger partial charge in [0, 0.05) is 22.9 Å². The highest BCUT2D eigenvalue weighted by atomic mass is 35.5. The van der Waals surface area contributed by atoms with Crippen LogP contribution >= 0.6 is 11.6 Å². The molecule has 17 heavy (non-hydrogen) atoms. The number of hydrogen-bond donors (Lipinski definition) is 1. The van der Waals surface area contributed by atoms with E-state index in [1.807, 2.05) is 49.4 Å². The van der Waals surface area contributed by atoms with Crippen LogP contribution < -0.4 is 5.32 Å². The van der Waals surface area contributed by atoms with Crippen LogP contribution in [0.4, 0.5) is 5.69 Å². The lowest BCUT2D eigenvalue weighted by molar-refractivity contribution is -0.118. The van der Waals surface area contributed by atoms with E-state index in [0.29, 0.717) is 5.88 Å². The lowest BCUT2D eigenvalue weighted by Crippen LogP contribution is -2.21. The zero-order valence-corrected chi connectivity index (χ0v) is 10.4. The summed E-state index contributed by atoms with van der Waals surface area (Å²) in [5.41, 5.74) is 0.838. The van der Waals surface area contributed by atoms with Crippen LogP contribution in [-0.2, 0) is 4.79 Å². The second-order valence-electron chi connectivity index (χ2n) is 4.07. The van der Waals surface area contributed by atoms with Crippen molar-refractivity contribution in [3.63, 3.8) is 0 Å². The van der Waals surface area contributed by atoms with Gasteiger partial charge in [0.1, 0.15) is 0 Å². The van der Waals surface area contributed by atoms with Crippen LogP contribution in [0.3, 0.4) is 0 Å². The highest BCUT2D eigenvalue weighted by Gasteiger charge is 2.12. The molecule has 0 bridgehead atoms. The summed E-state index contributed by atoms with van der Waals surface area (Å²) in [6.45, 7) is 1.81. The van der Waals surface area contributed by atoms with Gasteiger partial charge in [-0.1, -0.05) is 43.3 Å². The van der Waals surface area contributed by atoms with Crippen molar-refractivity contribution in [2.75, 3.05) is 11.2 Å². The predicted molar refractivity (Wildman–Crippen MR) is 72.5 cm³/mol. The summed E-state index contributed by atoms with van der Waals surface area (Å²) >= 11 is 5.67. The zero-order valence-electron chi connectivity index (χ0n) is 9.61. The Morgan fingerprint density at radius 3 is 2.71 bits per heavy atom. The first-order valence-corrected chi connectivity index (χ1v) is 6.10. The van der Waals surface area contributed by atoms with Gasteiger partial charge >= 0.3 is 0 Å². The van der Waals surface area contributed by atoms with Crippen LogP contribution in [0.2, 0.25) is 0 Å². The molecule has 0 aliphatic carbocycles. The van der Waals surface area contributed by atoms with E-state index in [4.69, 9.17) is 11.6 Å². The second-order valence-corrected chi connectivity index (χ2v) is 4.38. The van der Waals surface area contributed by atoms with Gasteiger partial charge in [-0.15, -0.1) is 11.6 Å². The lowest BCUT2D eigenvalue weighted by Gasteiger charge is -2.11. The smallest absolute Gasteiger partial charge is 0.228 e. The van der Waals surface area contributed by atoms with Gasteiger partial charge in [-0.25, -0.2) is 0 Å². The van der Waals surface area contributed by atoms with E-state index >= 15 is 0 Å². The van der Waals surface area contributed by atoms with E-state index < -0.39 is 0 Å². The summed E-state index contributed by atoms with van der Waals surface area (Å²) in [4.78, 5) is 11.8. The Kier molecular flexibility index (Phi) is 3.64. The number of alkyl halides is 1. The van der Waals surface area contributed by atoms with E-state index in [2.05, 4.69) is 5.32 Å². The number of carbonyl (C=O) groups is 1. The summed E-state index contributed by atoms with van der Waals surface area (Å²) < 4.78 is 0. The fourth-order valence-corrected chi connectivity index (χ4v) is 1.80. The molecule has 2 aromatic carbocycles. The quantitative estimate of drug-likeness (QED) is 0.824. The van der Waals surface area contributed by atoms with Gasteiger partial charge in [0.05, 0.1) is 0 Å². The number of amides is 1. The third-order valence-corrected chi connectivity index (χ3v) is 3.19. The molecule has 0 aliphatic rings. The van der Waals surface area contributed by atoms with Crippen molar-refractivity contribution in [1.82, 2.24) is 0 Å². The molecule has 1 N–H and O–H groups in total. The Morgan fingerprint density at radius 2 is 1.94 bits per heavy atom. The monoisotopic (exact) mass is 247 g/mol. The molecule has 1 amide bonds. The van der Waals surface area contributed by atoms with Crippen molar-refractivity contribution in [3.8, 4) is 0 Å². The summed E-state index contributed by atoms with van der Waals surface area (Å²) in [7, 11) is 0. The Bertz CT molecular complexity index is 533. The van der Waals surface area contributed by atoms with Crippen molar-refractivity contribution in [2.24, 2.45) is 5.92 Å². The molecular weight excluding hydrogens is 234 g/mol. The van der Waals surface area contributed by atoms with E-state index in [1.54, 1.807) is 0 Å². The van der Waals surface area contributed by atoms with Crippen molar-refractivity contribution >= 4 is 34.0 Å². The van der Waals surface area contributed by atoms with Crippen LogP contribution in [0.1, 0.15) is 6.92 Å². The molecule has 0 heterocycles. The minimum Gasteiger partial charge on any atom is -0.325 e. The van der Waals surface area contributed by atoms with Gasteiger partial charge in [0.15, 0.2) is 0 Å². The number of rotatable bonds is 3. The second kappa shape index (κ2) is 5.19. The molecule has 2 nitrogen and oxygen atoms in total. The lowest BCUT2D eigenvalue weighted by atomic mass is 10.1. The van der Waals surface area contributed by atoms with E-state index in [1.165, 1.54) is 0 Å². The minimum atomic E-state index is -0.185. The minimum absolute atomic E-state index is 0.0450. The molecule has 1 atom stereocenters. The Labute approximate surface area is 106 Å². The van der Waals surface area contributed by atoms with Gasteiger partial charge in [-0.2, -0.15) is 0 Å². The number of anilines is 1. The number of nitrogens with one attached hydrogen (secondary N) is 1. The molecule has 0 saturated carbocycles. The summed E-state index contributed by atoms with van der Waals surface area (Å²) in [5, 5.41) is 5.07. The van der Waals surface area contributed by atoms with Crippen LogP contribution in [0.5, 0.6) is 0 Å². The first kappa shape index (κ1) is 11.9. The predicted octanol–water partition coefficient (Wildman–Crippen LogP) is 3.65. The third kappa shape index (κ3) is 2.59. The molecule has 0 aliphatic heterocycles. The SMILES string of the molecule is CC(CCl)C(=O)Nc1cccc2ccccc12. The highest BCUT2D eigenvalue weighted by Crippen LogP contribution is 2.23. The molecule has 0 spiro atoms. The molecule has 2 rings (SSSR count). The Morgan fingerprint density at radius 1 is 1.24 bits per heavy atom. The maximum atomic E-state index is 11.8. The molecule has 0 saturated heterocycles. The average Bonchev–Trinajstić information content (AvgIpc) is 2.38. The third-order valence-electron chi connectivity index (χ3n) is 2.73. The largest absolute Gasteiger partial charge is 0.325 e. The molecule has 0 fully saturated rings. The van der Waals surface area contributed by atoms with Crippen LogP contribution in [-0.4, -0.2) is 11.8 Å². The van der Waals surface area contributed by atoms with Crippen molar-refractivity contribution in [1.29, 1.82) is 0 Å². The van der Waals surface area contributed by atoms with Gasteiger partial charge in [-0.3, -0.25) is 4.79 Å². The Hall–Kier alpha value is -1.54. The van der Waals surface area contributed by atoms with E-state index in [-0.39, 0.29) is 11.8 Å². The number of carbonyl (C=O) groups excluding carboxylic acids is 1. The fourth-order valence-electron chi connectivity index (χ4n) is 1.66. The maximum Gasteiger partial charge on any atom is 0.228 e. The summed E-state index contributed by atoms with van der Waals surface area (Å²) in [6.07, 6.45) is 0. The standard InChI is InChI=1S/C14H14ClNO/c1-10(9-15)14(17)16-13-8-4-6-11-5-2-3-7-12(11)13/h2-8,10H,9H2,1H3,(H,16,17). The van der Waals surface area contributed by atoms with Gasteiger partial charge in [0.2, 0.25) is 5.91 Å². The molecule has 1 unspecified atom stereocenters. The molecule has 3 heteroatoms. The van der Waals surface area contributed by atoms with Crippen LogP contribution in [0, 0.1) is 5.92 Å². The molecule has 0 aromatic heterocycles. The van der Waals surface area contributed by atoms with Gasteiger partial charge in [-0.05, 0) is 11.5 Å². The Balaban J connectivity index is 2.33. The highest BCUT2D eigenvalue weighted by molar-refractivity contribution is 6.19. The maximum absolute atomic E-state index is 11.8. The molecule has 88 valence electrons. The number of halogens is 1. The fraction of sp³-hybridized carbons (Fsp3) is 0.214. The van der Waals surface area contributed by atoms with Gasteiger partial charge in [0.25, 0.3) is 0 Å². The van der Waals surface area contributed by atoms with Crippen molar-refractivity contribution in [2.45, 2.75) is 6.92 Å². The molecular formula is C14H14ClNO. The van der Waals surface area contributed by atoms with E-state index in [0.717, 1.165) is 16.5 Å². The topological polar surface area (TPSA) is 29.1 Å². The van der Waals surface area contributed by atoms with Gasteiger partial charge < -0.3 is 5.32 Å². The average molecular weight is 248 g/mol. The normalized spacial score (nSPS) is 12.4. The first-order chi connectivity index (χ1) is 8.22. The van der Waals surface area contributed by atoms with Crippen molar-refractivity contribution < 1.29 is 4.79 Å². The summed E-state index contributed by atoms with van der Waals surface area (Å²) in [6, 6.07) is 13.8. The van der Waals surface area contributed by atoms with E-state index in [9.17, 15) is 4.79 Å². The number of hydrogen-bond acceptors (Lipinski definition) is 1. The van der Waals surface area contributed by atoms with Crippen molar-refractivity contribution in [3.05, 3.63) is 42.5 Å².